The summed E-state index contributed by atoms with van der Waals surface area (Å²) in [6.07, 6.45) is 4.82. The van der Waals surface area contributed by atoms with Gasteiger partial charge in [0.05, 0.1) is 11.1 Å². The van der Waals surface area contributed by atoms with Gasteiger partial charge in [0.15, 0.2) is 5.78 Å². The second-order valence-corrected chi connectivity index (χ2v) is 8.09. The first-order chi connectivity index (χ1) is 16.7. The molecule has 0 saturated carbocycles. The molecule has 0 radical (unpaired) electrons. The molecule has 0 aliphatic rings. The van der Waals surface area contributed by atoms with Gasteiger partial charge >= 0.3 is 5.97 Å². The third kappa shape index (κ3) is 4.93. The number of hydrogen-bond donors (Lipinski definition) is 3. The second kappa shape index (κ2) is 9.60. The number of pyridine rings is 1. The van der Waals surface area contributed by atoms with Crippen LogP contribution >= 0.6 is 0 Å². The van der Waals surface area contributed by atoms with Crippen molar-refractivity contribution in [1.82, 2.24) is 9.55 Å². The number of anilines is 1. The fourth-order valence-corrected chi connectivity index (χ4v) is 3.91. The lowest BCUT2D eigenvalue weighted by Gasteiger charge is -2.21. The van der Waals surface area contributed by atoms with Gasteiger partial charge < -0.3 is 15.4 Å². The Bertz CT molecular complexity index is 1440. The number of ketones is 1. The molecule has 2 heterocycles. The number of fused-ring (bicyclic) bond motifs is 1. The molecular formula is C26H23N5O4. The lowest BCUT2D eigenvalue weighted by molar-refractivity contribution is -0.135. The molecule has 0 fully saturated rings. The quantitative estimate of drug-likeness (QED) is 0.206. The van der Waals surface area contributed by atoms with E-state index in [1.54, 1.807) is 72.4 Å². The Kier molecular flexibility index (Phi) is 6.41. The number of aliphatic carboxylic acids is 1. The van der Waals surface area contributed by atoms with Crippen molar-refractivity contribution in [3.8, 4) is 0 Å². The maximum absolute atomic E-state index is 13.1. The number of amidine groups is 1. The average molecular weight is 470 g/mol. The van der Waals surface area contributed by atoms with Crippen LogP contribution in [0.2, 0.25) is 0 Å². The summed E-state index contributed by atoms with van der Waals surface area (Å²) in [6.45, 7) is -0.522. The number of aromatic nitrogens is 2. The summed E-state index contributed by atoms with van der Waals surface area (Å²) >= 11 is 0. The Morgan fingerprint density at radius 2 is 1.83 bits per heavy atom. The number of nitrogens with two attached hydrogens (primary N) is 1. The first-order valence-electron chi connectivity index (χ1n) is 10.7. The van der Waals surface area contributed by atoms with Crippen molar-refractivity contribution < 1.29 is 19.5 Å². The minimum absolute atomic E-state index is 0.0355. The normalized spacial score (nSPS) is 10.8. The van der Waals surface area contributed by atoms with E-state index in [0.717, 1.165) is 5.56 Å². The van der Waals surface area contributed by atoms with E-state index in [1.165, 1.54) is 17.3 Å². The first kappa shape index (κ1) is 23.4. The largest absolute Gasteiger partial charge is 0.480 e. The molecule has 0 aliphatic carbocycles. The van der Waals surface area contributed by atoms with Crippen LogP contribution in [0.3, 0.4) is 0 Å². The van der Waals surface area contributed by atoms with Crippen molar-refractivity contribution in [3.05, 3.63) is 95.4 Å². The molecule has 0 atom stereocenters. The van der Waals surface area contributed by atoms with E-state index < -0.39 is 18.4 Å². The number of Topliss-reactive ketones (excluding diaryl/α,β-unsaturated/α-hetero) is 1. The van der Waals surface area contributed by atoms with Crippen molar-refractivity contribution in [2.75, 3.05) is 11.4 Å². The number of hydrogen-bond acceptors (Lipinski definition) is 5. The monoisotopic (exact) mass is 469 g/mol. The Balaban J connectivity index is 1.66. The number of carboxylic acids is 1. The summed E-state index contributed by atoms with van der Waals surface area (Å²) in [5, 5.41) is 17.6. The number of benzene rings is 2. The number of aryl methyl sites for hydroxylation is 1. The Hall–Kier alpha value is -4.79. The van der Waals surface area contributed by atoms with Gasteiger partial charge in [-0.15, -0.1) is 0 Å². The molecule has 0 unspecified atom stereocenters. The van der Waals surface area contributed by atoms with Crippen LogP contribution in [0.4, 0.5) is 5.69 Å². The van der Waals surface area contributed by atoms with Crippen LogP contribution in [0.1, 0.15) is 31.8 Å². The SMILES string of the molecule is Cn1cc(C(=O)Cc2ccc(C(=N)N)cc2)c2ccc(N(CC(=O)O)C(=O)c3cccnc3)cc21. The highest BCUT2D eigenvalue weighted by Gasteiger charge is 2.22. The van der Waals surface area contributed by atoms with Crippen molar-refractivity contribution in [1.29, 1.82) is 5.41 Å². The van der Waals surface area contributed by atoms with Gasteiger partial charge in [-0.3, -0.25) is 29.7 Å². The predicted octanol–water partition coefficient (Wildman–Crippen LogP) is 3.01. The molecule has 0 bridgehead atoms. The molecule has 4 rings (SSSR count). The Morgan fingerprint density at radius 3 is 2.46 bits per heavy atom. The molecule has 4 aromatic rings. The smallest absolute Gasteiger partial charge is 0.323 e. The molecule has 1 amide bonds. The van der Waals surface area contributed by atoms with Gasteiger partial charge in [0, 0.05) is 54.3 Å². The second-order valence-electron chi connectivity index (χ2n) is 8.09. The summed E-state index contributed by atoms with van der Waals surface area (Å²) < 4.78 is 1.78. The molecule has 9 nitrogen and oxygen atoms in total. The van der Waals surface area contributed by atoms with Crippen molar-refractivity contribution in [3.63, 3.8) is 0 Å². The Morgan fingerprint density at radius 1 is 1.09 bits per heavy atom. The molecular weight excluding hydrogens is 446 g/mol. The lowest BCUT2D eigenvalue weighted by atomic mass is 10.0. The molecule has 2 aromatic heterocycles. The van der Waals surface area contributed by atoms with E-state index in [1.807, 2.05) is 0 Å². The Labute approximate surface area is 200 Å². The summed E-state index contributed by atoms with van der Waals surface area (Å²) in [5.41, 5.74) is 8.75. The maximum Gasteiger partial charge on any atom is 0.323 e. The van der Waals surface area contributed by atoms with Gasteiger partial charge in [-0.1, -0.05) is 30.3 Å². The van der Waals surface area contributed by atoms with E-state index >= 15 is 0 Å². The summed E-state index contributed by atoms with van der Waals surface area (Å²) in [5.74, 6) is -1.76. The van der Waals surface area contributed by atoms with Gasteiger partial charge in [0.25, 0.3) is 5.91 Å². The summed E-state index contributed by atoms with van der Waals surface area (Å²) in [7, 11) is 1.79. The van der Waals surface area contributed by atoms with E-state index in [4.69, 9.17) is 11.1 Å². The van der Waals surface area contributed by atoms with Crippen LogP contribution in [-0.4, -0.2) is 44.7 Å². The highest BCUT2D eigenvalue weighted by Crippen LogP contribution is 2.28. The number of rotatable bonds is 8. The molecule has 35 heavy (non-hydrogen) atoms. The molecule has 0 aliphatic heterocycles. The highest BCUT2D eigenvalue weighted by atomic mass is 16.4. The van der Waals surface area contributed by atoms with Gasteiger partial charge in [0.2, 0.25) is 0 Å². The molecule has 176 valence electrons. The van der Waals surface area contributed by atoms with E-state index in [9.17, 15) is 19.5 Å². The number of nitrogens with one attached hydrogen (secondary N) is 1. The molecule has 4 N–H and O–H groups in total. The number of nitrogens with zero attached hydrogens (tertiary/aromatic N) is 3. The van der Waals surface area contributed by atoms with Crippen LogP contribution < -0.4 is 10.6 Å². The van der Waals surface area contributed by atoms with Crippen molar-refractivity contribution in [2.45, 2.75) is 6.42 Å². The van der Waals surface area contributed by atoms with Gasteiger partial charge in [-0.2, -0.15) is 0 Å². The van der Waals surface area contributed by atoms with E-state index in [-0.39, 0.29) is 23.6 Å². The van der Waals surface area contributed by atoms with Crippen molar-refractivity contribution in [2.24, 2.45) is 12.8 Å². The van der Waals surface area contributed by atoms with Crippen LogP contribution in [0.25, 0.3) is 10.9 Å². The number of amides is 1. The predicted molar refractivity (Wildman–Crippen MR) is 132 cm³/mol. The molecule has 9 heteroatoms. The standard InChI is InChI=1S/C26H23N5O4/c1-30-14-21(23(32)11-16-4-6-17(7-5-16)25(27)28)20-9-8-19(12-22(20)30)31(15-24(33)34)26(35)18-3-2-10-29-13-18/h2-10,12-14H,11,15H2,1H3,(H3,27,28)(H,33,34). The first-order valence-corrected chi connectivity index (χ1v) is 10.7. The van der Waals surface area contributed by atoms with Crippen LogP contribution in [-0.2, 0) is 18.3 Å². The van der Waals surface area contributed by atoms with Gasteiger partial charge in [0.1, 0.15) is 12.4 Å². The zero-order chi connectivity index (χ0) is 25.1. The van der Waals surface area contributed by atoms with Gasteiger partial charge in [-0.05, 0) is 29.8 Å². The minimum atomic E-state index is -1.15. The zero-order valence-corrected chi connectivity index (χ0v) is 18.9. The zero-order valence-electron chi connectivity index (χ0n) is 18.9. The molecule has 0 saturated heterocycles. The summed E-state index contributed by atoms with van der Waals surface area (Å²) in [4.78, 5) is 42.7. The van der Waals surface area contributed by atoms with E-state index in [2.05, 4.69) is 4.98 Å². The van der Waals surface area contributed by atoms with Crippen LogP contribution in [0, 0.1) is 5.41 Å². The topological polar surface area (TPSA) is 142 Å². The number of carbonyl (C=O) groups is 3. The van der Waals surface area contributed by atoms with Crippen LogP contribution in [0.15, 0.2) is 73.2 Å². The fraction of sp³-hybridized carbons (Fsp3) is 0.115. The van der Waals surface area contributed by atoms with Gasteiger partial charge in [-0.25, -0.2) is 0 Å². The maximum atomic E-state index is 13.1. The van der Waals surface area contributed by atoms with Crippen molar-refractivity contribution >= 4 is 40.1 Å². The fourth-order valence-electron chi connectivity index (χ4n) is 3.91. The number of nitrogen functional groups attached to an aromatic ring is 1. The van der Waals surface area contributed by atoms with E-state index in [0.29, 0.717) is 27.7 Å². The average Bonchev–Trinajstić information content (AvgIpc) is 3.19. The lowest BCUT2D eigenvalue weighted by Crippen LogP contribution is -2.35. The minimum Gasteiger partial charge on any atom is -0.480 e. The number of carbonyl (C=O) groups excluding carboxylic acids is 2. The number of carboxylic acid groups (broad SMARTS) is 1. The third-order valence-electron chi connectivity index (χ3n) is 5.66. The molecule has 2 aromatic carbocycles. The highest BCUT2D eigenvalue weighted by molar-refractivity contribution is 6.11. The van der Waals surface area contributed by atoms with Crippen LogP contribution in [0.5, 0.6) is 0 Å². The summed E-state index contributed by atoms with van der Waals surface area (Å²) in [6, 6.07) is 15.2. The molecule has 0 spiro atoms. The third-order valence-corrected chi connectivity index (χ3v) is 5.66.